The summed E-state index contributed by atoms with van der Waals surface area (Å²) in [4.78, 5) is 6.15. The first-order valence-corrected chi connectivity index (χ1v) is 12.1. The van der Waals surface area contributed by atoms with Crippen LogP contribution in [0.1, 0.15) is 6.92 Å². The maximum absolute atomic E-state index is 5.09. The molecular formula is C24H23N3S2. The molecule has 0 aliphatic carbocycles. The Kier molecular flexibility index (Phi) is 4.94. The number of hydrogen-bond donors (Lipinski definition) is 0. The van der Waals surface area contributed by atoms with Gasteiger partial charge < -0.3 is 9.13 Å². The second-order valence-corrected chi connectivity index (χ2v) is 9.07. The van der Waals surface area contributed by atoms with Crippen molar-refractivity contribution < 1.29 is 0 Å². The molecule has 5 heteroatoms. The minimum Gasteiger partial charge on any atom is -0.341 e. The van der Waals surface area contributed by atoms with E-state index in [0.717, 1.165) is 29.3 Å². The van der Waals surface area contributed by atoms with Crippen LogP contribution < -0.4 is 4.80 Å². The highest BCUT2D eigenvalue weighted by Gasteiger charge is 2.10. The number of rotatable bonds is 5. The van der Waals surface area contributed by atoms with Gasteiger partial charge in [0.1, 0.15) is 0 Å². The Morgan fingerprint density at radius 2 is 1.62 bits per heavy atom. The van der Waals surface area contributed by atoms with Crippen molar-refractivity contribution in [3.63, 3.8) is 0 Å². The van der Waals surface area contributed by atoms with Gasteiger partial charge in [-0.1, -0.05) is 41.7 Å². The highest BCUT2D eigenvalue weighted by molar-refractivity contribution is 7.98. The number of benzene rings is 3. The maximum atomic E-state index is 5.09. The summed E-state index contributed by atoms with van der Waals surface area (Å²) < 4.78 is 6.03. The summed E-state index contributed by atoms with van der Waals surface area (Å²) in [5.41, 5.74) is 4.85. The molecule has 0 atom stereocenters. The summed E-state index contributed by atoms with van der Waals surface area (Å²) in [6, 6.07) is 23.9. The molecule has 0 amide bonds. The maximum Gasteiger partial charge on any atom is 0.190 e. The van der Waals surface area contributed by atoms with Crippen LogP contribution >= 0.6 is 23.1 Å². The predicted molar refractivity (Wildman–Crippen MR) is 129 cm³/mol. The van der Waals surface area contributed by atoms with Crippen LogP contribution in [0.5, 0.6) is 0 Å². The van der Waals surface area contributed by atoms with Crippen LogP contribution in [-0.2, 0) is 13.1 Å². The number of aryl methyl sites for hydroxylation is 2. The van der Waals surface area contributed by atoms with Crippen LogP contribution in [0.3, 0.4) is 0 Å². The average molecular weight is 418 g/mol. The number of nitrogens with zero attached hydrogens (tertiary/aromatic N) is 3. The fourth-order valence-corrected chi connectivity index (χ4v) is 5.51. The van der Waals surface area contributed by atoms with Crippen LogP contribution in [-0.4, -0.2) is 21.1 Å². The van der Waals surface area contributed by atoms with Crippen molar-refractivity contribution in [3.05, 3.63) is 71.5 Å². The average Bonchev–Trinajstić information content (AvgIpc) is 3.26. The van der Waals surface area contributed by atoms with Gasteiger partial charge in [0, 0.05) is 40.6 Å². The Balaban J connectivity index is 1.72. The molecule has 0 radical (unpaired) electrons. The summed E-state index contributed by atoms with van der Waals surface area (Å²) in [5, 5.41) is 2.58. The molecule has 0 spiro atoms. The van der Waals surface area contributed by atoms with E-state index in [9.17, 15) is 0 Å². The van der Waals surface area contributed by atoms with Crippen molar-refractivity contribution in [3.8, 4) is 0 Å². The zero-order chi connectivity index (χ0) is 19.8. The second kappa shape index (κ2) is 7.73. The SMILES string of the molecule is CCn1c2ccccc2c2cc(N=c3sc4ccccc4n3CCSC)ccc21. The Labute approximate surface area is 178 Å². The van der Waals surface area contributed by atoms with E-state index in [2.05, 4.69) is 89.0 Å². The summed E-state index contributed by atoms with van der Waals surface area (Å²) in [5.74, 6) is 1.08. The van der Waals surface area contributed by atoms with E-state index in [4.69, 9.17) is 4.99 Å². The number of fused-ring (bicyclic) bond motifs is 4. The van der Waals surface area contributed by atoms with Crippen molar-refractivity contribution >= 4 is 60.8 Å². The lowest BCUT2D eigenvalue weighted by Crippen LogP contribution is -2.15. The van der Waals surface area contributed by atoms with Crippen molar-refractivity contribution in [1.29, 1.82) is 0 Å². The molecule has 0 aliphatic heterocycles. The Hall–Kier alpha value is -2.50. The van der Waals surface area contributed by atoms with E-state index in [1.54, 1.807) is 11.3 Å². The fraction of sp³-hybridized carbons (Fsp3) is 0.208. The van der Waals surface area contributed by atoms with E-state index >= 15 is 0 Å². The molecule has 2 heterocycles. The second-order valence-electron chi connectivity index (χ2n) is 7.07. The van der Waals surface area contributed by atoms with Crippen molar-refractivity contribution in [2.24, 2.45) is 4.99 Å². The normalized spacial score (nSPS) is 12.6. The van der Waals surface area contributed by atoms with Crippen LogP contribution in [0.2, 0.25) is 0 Å². The van der Waals surface area contributed by atoms with E-state index < -0.39 is 0 Å². The molecule has 146 valence electrons. The van der Waals surface area contributed by atoms with Gasteiger partial charge in [-0.05, 0) is 49.6 Å². The van der Waals surface area contributed by atoms with E-state index in [-0.39, 0.29) is 0 Å². The molecule has 0 saturated heterocycles. The summed E-state index contributed by atoms with van der Waals surface area (Å²) in [6.45, 7) is 4.14. The first-order valence-electron chi connectivity index (χ1n) is 9.93. The minimum absolute atomic E-state index is 0.964. The smallest absolute Gasteiger partial charge is 0.190 e. The molecule has 0 fully saturated rings. The molecule has 0 unspecified atom stereocenters. The zero-order valence-corrected chi connectivity index (χ0v) is 18.3. The van der Waals surface area contributed by atoms with E-state index in [1.807, 2.05) is 11.8 Å². The Morgan fingerprint density at radius 1 is 0.862 bits per heavy atom. The molecule has 3 nitrogen and oxygen atoms in total. The molecule has 2 aromatic heterocycles. The molecule has 0 N–H and O–H groups in total. The number of para-hydroxylation sites is 2. The van der Waals surface area contributed by atoms with Gasteiger partial charge in [0.05, 0.1) is 15.9 Å². The largest absolute Gasteiger partial charge is 0.341 e. The predicted octanol–water partition coefficient (Wildman–Crippen LogP) is 6.43. The van der Waals surface area contributed by atoms with Gasteiger partial charge >= 0.3 is 0 Å². The van der Waals surface area contributed by atoms with Gasteiger partial charge in [0.25, 0.3) is 0 Å². The Bertz CT molecular complexity index is 1390. The molecule has 5 rings (SSSR count). The molecule has 29 heavy (non-hydrogen) atoms. The third-order valence-electron chi connectivity index (χ3n) is 5.40. The molecule has 3 aromatic carbocycles. The van der Waals surface area contributed by atoms with Crippen LogP contribution in [0, 0.1) is 0 Å². The highest BCUT2D eigenvalue weighted by Crippen LogP contribution is 2.31. The molecular weight excluding hydrogens is 394 g/mol. The third-order valence-corrected chi connectivity index (χ3v) is 7.05. The molecule has 0 aliphatic rings. The first-order chi connectivity index (χ1) is 14.3. The molecule has 5 aromatic rings. The number of hydrogen-bond acceptors (Lipinski definition) is 3. The highest BCUT2D eigenvalue weighted by atomic mass is 32.2. The van der Waals surface area contributed by atoms with Gasteiger partial charge in [0.2, 0.25) is 0 Å². The van der Waals surface area contributed by atoms with Crippen LogP contribution in [0.15, 0.2) is 71.7 Å². The van der Waals surface area contributed by atoms with Gasteiger partial charge in [-0.2, -0.15) is 11.8 Å². The standard InChI is InChI=1S/C24H23N3S2/c1-3-26-20-9-5-4-8-18(20)19-16-17(12-13-21(19)26)25-24-27(14-15-28-2)22-10-6-7-11-23(22)29-24/h4-13,16H,3,14-15H2,1-2H3. The summed E-state index contributed by atoms with van der Waals surface area (Å²) >= 11 is 3.64. The number of thioether (sulfide) groups is 1. The summed E-state index contributed by atoms with van der Waals surface area (Å²) in [7, 11) is 0. The minimum atomic E-state index is 0.964. The number of aromatic nitrogens is 2. The van der Waals surface area contributed by atoms with Crippen LogP contribution in [0.4, 0.5) is 5.69 Å². The van der Waals surface area contributed by atoms with E-state index in [0.29, 0.717) is 0 Å². The fourth-order valence-electron chi connectivity index (χ4n) is 4.07. The van der Waals surface area contributed by atoms with Gasteiger partial charge in [-0.15, -0.1) is 0 Å². The van der Waals surface area contributed by atoms with Crippen molar-refractivity contribution in [2.45, 2.75) is 20.0 Å². The quantitative estimate of drug-likeness (QED) is 0.323. The molecule has 0 saturated carbocycles. The first kappa shape index (κ1) is 18.5. The third kappa shape index (κ3) is 3.18. The van der Waals surface area contributed by atoms with Crippen molar-refractivity contribution in [2.75, 3.05) is 12.0 Å². The number of thiazole rings is 1. The topological polar surface area (TPSA) is 22.2 Å². The lowest BCUT2D eigenvalue weighted by Gasteiger charge is -2.04. The van der Waals surface area contributed by atoms with E-state index in [1.165, 1.54) is 32.0 Å². The van der Waals surface area contributed by atoms with Gasteiger partial charge in [-0.3, -0.25) is 0 Å². The van der Waals surface area contributed by atoms with Crippen LogP contribution in [0.25, 0.3) is 32.0 Å². The lowest BCUT2D eigenvalue weighted by molar-refractivity contribution is 0.775. The van der Waals surface area contributed by atoms with Crippen molar-refractivity contribution in [1.82, 2.24) is 9.13 Å². The van der Waals surface area contributed by atoms with Gasteiger partial charge in [-0.25, -0.2) is 4.99 Å². The monoisotopic (exact) mass is 417 g/mol. The Morgan fingerprint density at radius 3 is 2.45 bits per heavy atom. The zero-order valence-electron chi connectivity index (χ0n) is 16.6. The molecule has 0 bridgehead atoms. The summed E-state index contributed by atoms with van der Waals surface area (Å²) in [6.07, 6.45) is 2.16. The lowest BCUT2D eigenvalue weighted by atomic mass is 10.1. The van der Waals surface area contributed by atoms with Gasteiger partial charge in [0.15, 0.2) is 4.80 Å².